The maximum Gasteiger partial charge on any atom is 0.277 e. The summed E-state index contributed by atoms with van der Waals surface area (Å²) in [5.74, 6) is -1.13. The number of aromatic nitrogens is 2. The van der Waals surface area contributed by atoms with Crippen molar-refractivity contribution in [1.82, 2.24) is 19.9 Å². The number of amides is 1. The summed E-state index contributed by atoms with van der Waals surface area (Å²) >= 11 is 0. The maximum atomic E-state index is 14.0. The fourth-order valence-electron chi connectivity index (χ4n) is 3.79. The van der Waals surface area contributed by atoms with Crippen molar-refractivity contribution >= 4 is 11.7 Å². The number of likely N-dealkylation sites (tertiary alicyclic amines) is 1. The van der Waals surface area contributed by atoms with Crippen LogP contribution in [0.1, 0.15) is 48.7 Å². The second-order valence-corrected chi connectivity index (χ2v) is 8.03. The Bertz CT molecular complexity index is 950. The van der Waals surface area contributed by atoms with Crippen LogP contribution in [-0.4, -0.2) is 68.4 Å². The summed E-state index contributed by atoms with van der Waals surface area (Å²) < 4.78 is 40.0. The molecule has 3 heterocycles. The zero-order valence-corrected chi connectivity index (χ0v) is 18.5. The Morgan fingerprint density at radius 2 is 2.03 bits per heavy atom. The number of hydrogen-bond donors (Lipinski definition) is 1. The second kappa shape index (κ2) is 11.2. The van der Waals surface area contributed by atoms with Crippen LogP contribution in [-0.2, 0) is 6.42 Å². The van der Waals surface area contributed by atoms with Gasteiger partial charge in [-0.1, -0.05) is 6.07 Å². The number of aliphatic hydroxyl groups is 1. The Morgan fingerprint density at radius 1 is 1.27 bits per heavy atom. The van der Waals surface area contributed by atoms with Crippen molar-refractivity contribution in [2.45, 2.75) is 51.1 Å². The number of carbonyl (C=O) groups is 1. The van der Waals surface area contributed by atoms with E-state index >= 15 is 0 Å². The summed E-state index contributed by atoms with van der Waals surface area (Å²) in [6, 6.07) is 6.77. The van der Waals surface area contributed by atoms with Gasteiger partial charge < -0.3 is 10.0 Å². The lowest BCUT2D eigenvalue weighted by Crippen LogP contribution is -2.48. The molecular weight excluding hydrogens is 435 g/mol. The lowest BCUT2D eigenvalue weighted by atomic mass is 9.86. The van der Waals surface area contributed by atoms with Crippen LogP contribution in [0.15, 0.2) is 48.0 Å². The highest BCUT2D eigenvalue weighted by molar-refractivity contribution is 5.95. The van der Waals surface area contributed by atoms with Gasteiger partial charge in [-0.05, 0) is 38.0 Å². The Labute approximate surface area is 191 Å². The van der Waals surface area contributed by atoms with Gasteiger partial charge >= 0.3 is 0 Å². The van der Waals surface area contributed by atoms with E-state index in [4.69, 9.17) is 0 Å². The van der Waals surface area contributed by atoms with Crippen LogP contribution < -0.4 is 0 Å². The molecule has 3 rings (SSSR count). The number of hydrazone groups is 1. The first-order chi connectivity index (χ1) is 15.8. The molecule has 1 fully saturated rings. The van der Waals surface area contributed by atoms with Gasteiger partial charge in [-0.25, -0.2) is 18.2 Å². The van der Waals surface area contributed by atoms with E-state index in [0.29, 0.717) is 38.2 Å². The molecule has 2 aromatic heterocycles. The van der Waals surface area contributed by atoms with Crippen molar-refractivity contribution < 1.29 is 23.1 Å². The molecule has 2 aromatic rings. The van der Waals surface area contributed by atoms with Gasteiger partial charge in [0.05, 0.1) is 17.4 Å². The molecular formula is C23H28F3N5O2. The highest BCUT2D eigenvalue weighted by Crippen LogP contribution is 2.27. The van der Waals surface area contributed by atoms with Crippen LogP contribution in [0.25, 0.3) is 0 Å². The average Bonchev–Trinajstić information content (AvgIpc) is 2.80. The van der Waals surface area contributed by atoms with Gasteiger partial charge in [0.25, 0.3) is 5.91 Å². The molecule has 178 valence electrons. The van der Waals surface area contributed by atoms with Crippen LogP contribution in [0, 0.1) is 5.82 Å². The summed E-state index contributed by atoms with van der Waals surface area (Å²) in [5.41, 5.74) is -0.367. The van der Waals surface area contributed by atoms with Gasteiger partial charge in [0.2, 0.25) is 6.43 Å². The lowest BCUT2D eigenvalue weighted by Gasteiger charge is -2.40. The third-order valence-electron chi connectivity index (χ3n) is 5.65. The lowest BCUT2D eigenvalue weighted by molar-refractivity contribution is -0.00854. The minimum atomic E-state index is -2.52. The van der Waals surface area contributed by atoms with Gasteiger partial charge in [0.1, 0.15) is 5.84 Å². The highest BCUT2D eigenvalue weighted by Gasteiger charge is 2.34. The van der Waals surface area contributed by atoms with Crippen LogP contribution in [0.5, 0.6) is 0 Å². The van der Waals surface area contributed by atoms with E-state index in [9.17, 15) is 23.1 Å². The topological polar surface area (TPSA) is 81.9 Å². The first-order valence-corrected chi connectivity index (χ1v) is 11.0. The molecule has 0 radical (unpaired) electrons. The van der Waals surface area contributed by atoms with Crippen molar-refractivity contribution in [3.63, 3.8) is 0 Å². The van der Waals surface area contributed by atoms with Crippen molar-refractivity contribution in [1.29, 1.82) is 0 Å². The monoisotopic (exact) mass is 463 g/mol. The van der Waals surface area contributed by atoms with Crippen molar-refractivity contribution in [3.8, 4) is 0 Å². The quantitative estimate of drug-likeness (QED) is 0.368. The zero-order chi connectivity index (χ0) is 23.8. The summed E-state index contributed by atoms with van der Waals surface area (Å²) in [7, 11) is 0. The van der Waals surface area contributed by atoms with Gasteiger partial charge in [0.15, 0.2) is 5.82 Å². The zero-order valence-electron chi connectivity index (χ0n) is 18.5. The normalized spacial score (nSPS) is 16.2. The molecule has 0 saturated carbocycles. The third-order valence-corrected chi connectivity index (χ3v) is 5.65. The number of nitrogens with zero attached hydrogens (tertiary/aromatic N) is 5. The standard InChI is InChI=1S/C23H28F3N5O2/c1-2-31(22(32)18-8-12-27-16-19(18)24)29-21(7-6-20(25)26)30-13-9-23(33,10-14-30)15-17-5-3-4-11-28-17/h3-5,8,11-12,16,20,33H,2,6-7,9-10,13-15H2,1H3/b29-21+. The summed E-state index contributed by atoms with van der Waals surface area (Å²) in [4.78, 5) is 22.5. The predicted molar refractivity (Wildman–Crippen MR) is 117 cm³/mol. The number of halogens is 3. The number of amidine groups is 1. The predicted octanol–water partition coefficient (Wildman–Crippen LogP) is 3.51. The number of hydrogen-bond acceptors (Lipinski definition) is 5. The molecule has 33 heavy (non-hydrogen) atoms. The molecule has 0 unspecified atom stereocenters. The third kappa shape index (κ3) is 6.74. The molecule has 0 spiro atoms. The van der Waals surface area contributed by atoms with E-state index in [2.05, 4.69) is 15.1 Å². The molecule has 7 nitrogen and oxygen atoms in total. The maximum absolute atomic E-state index is 14.0. The number of carbonyl (C=O) groups excluding carboxylic acids is 1. The first kappa shape index (κ1) is 24.6. The molecule has 1 aliphatic rings. The number of alkyl halides is 2. The van der Waals surface area contributed by atoms with Crippen molar-refractivity contribution in [2.24, 2.45) is 5.10 Å². The van der Waals surface area contributed by atoms with Gasteiger partial charge in [-0.3, -0.25) is 14.8 Å². The Kier molecular flexibility index (Phi) is 8.37. The van der Waals surface area contributed by atoms with Gasteiger partial charge in [0, 0.05) is 57.0 Å². The number of piperidine rings is 1. The van der Waals surface area contributed by atoms with Crippen molar-refractivity contribution in [2.75, 3.05) is 19.6 Å². The van der Waals surface area contributed by atoms with Crippen LogP contribution in [0.3, 0.4) is 0 Å². The average molecular weight is 464 g/mol. The molecule has 0 atom stereocenters. The van der Waals surface area contributed by atoms with E-state index in [1.54, 1.807) is 19.2 Å². The number of rotatable bonds is 8. The van der Waals surface area contributed by atoms with Gasteiger partial charge in [-0.15, -0.1) is 0 Å². The Balaban J connectivity index is 1.75. The second-order valence-electron chi connectivity index (χ2n) is 8.03. The van der Waals surface area contributed by atoms with E-state index < -0.39 is 30.2 Å². The molecule has 0 bridgehead atoms. The van der Waals surface area contributed by atoms with Crippen LogP contribution in [0.2, 0.25) is 0 Å². The number of pyridine rings is 2. The van der Waals surface area contributed by atoms with E-state index in [1.165, 1.54) is 12.3 Å². The van der Waals surface area contributed by atoms with Gasteiger partial charge in [-0.2, -0.15) is 5.10 Å². The Hall–Kier alpha value is -3.01. The summed E-state index contributed by atoms with van der Waals surface area (Å²) in [6.45, 7) is 2.59. The largest absolute Gasteiger partial charge is 0.389 e. The summed E-state index contributed by atoms with van der Waals surface area (Å²) in [5, 5.41) is 16.4. The van der Waals surface area contributed by atoms with Crippen LogP contribution in [0.4, 0.5) is 13.2 Å². The molecule has 1 N–H and O–H groups in total. The molecule has 1 saturated heterocycles. The summed E-state index contributed by atoms with van der Waals surface area (Å²) in [6.07, 6.45) is 2.13. The van der Waals surface area contributed by atoms with E-state index in [-0.39, 0.29) is 18.5 Å². The minimum absolute atomic E-state index is 0.0427. The smallest absolute Gasteiger partial charge is 0.277 e. The molecule has 0 aliphatic carbocycles. The van der Waals surface area contributed by atoms with Crippen LogP contribution >= 0.6 is 0 Å². The molecule has 1 amide bonds. The van der Waals surface area contributed by atoms with E-state index in [1.807, 2.05) is 17.0 Å². The van der Waals surface area contributed by atoms with E-state index in [0.717, 1.165) is 16.9 Å². The first-order valence-electron chi connectivity index (χ1n) is 11.0. The fourth-order valence-corrected chi connectivity index (χ4v) is 3.79. The minimum Gasteiger partial charge on any atom is -0.389 e. The molecule has 1 aliphatic heterocycles. The fraction of sp³-hybridized carbons (Fsp3) is 0.478. The molecule has 10 heteroatoms. The van der Waals surface area contributed by atoms with Crippen molar-refractivity contribution in [3.05, 3.63) is 59.9 Å². The molecule has 0 aromatic carbocycles. The highest BCUT2D eigenvalue weighted by atomic mass is 19.3. The SMILES string of the molecule is CCN(/N=C(\CCC(F)F)N1CCC(O)(Cc2ccccn2)CC1)C(=O)c1ccncc1F. The Morgan fingerprint density at radius 3 is 2.64 bits per heavy atom.